The predicted octanol–water partition coefficient (Wildman–Crippen LogP) is 3.02. The number of nitrogens with one attached hydrogen (secondary N) is 1. The second-order valence-corrected chi connectivity index (χ2v) is 8.31. The minimum absolute atomic E-state index is 0.00878. The van der Waals surface area contributed by atoms with Gasteiger partial charge in [-0.05, 0) is 18.6 Å². The van der Waals surface area contributed by atoms with Gasteiger partial charge in [-0.25, -0.2) is 22.9 Å². The number of ether oxygens (including phenoxy) is 2. The third-order valence-electron chi connectivity index (χ3n) is 4.06. The summed E-state index contributed by atoms with van der Waals surface area (Å²) in [4.78, 5) is 16.1. The number of carbonyl (C=O) groups is 1. The van der Waals surface area contributed by atoms with Gasteiger partial charge in [0, 0.05) is 18.3 Å². The number of anilines is 1. The van der Waals surface area contributed by atoms with E-state index in [1.165, 1.54) is 31.2 Å². The van der Waals surface area contributed by atoms with Gasteiger partial charge in [0.1, 0.15) is 16.6 Å². The third-order valence-corrected chi connectivity index (χ3v) is 5.76. The van der Waals surface area contributed by atoms with Crippen LogP contribution < -0.4 is 9.46 Å². The van der Waals surface area contributed by atoms with Crippen LogP contribution in [0.4, 0.5) is 5.69 Å². The molecule has 0 bridgehead atoms. The number of esters is 1. The van der Waals surface area contributed by atoms with E-state index in [0.29, 0.717) is 34.4 Å². The van der Waals surface area contributed by atoms with Gasteiger partial charge in [0.05, 0.1) is 36.6 Å². The lowest BCUT2D eigenvalue weighted by molar-refractivity contribution is 0.0595. The highest BCUT2D eigenvalue weighted by atomic mass is 35.5. The maximum absolute atomic E-state index is 12.1. The van der Waals surface area contributed by atoms with Crippen molar-refractivity contribution in [3.05, 3.63) is 41.3 Å². The first-order valence-corrected chi connectivity index (χ1v) is 10.6. The van der Waals surface area contributed by atoms with Crippen LogP contribution in [0.2, 0.25) is 5.15 Å². The van der Waals surface area contributed by atoms with Crippen LogP contribution in [-0.4, -0.2) is 49.1 Å². The Morgan fingerprint density at radius 2 is 2.03 bits per heavy atom. The molecule has 0 amide bonds. The van der Waals surface area contributed by atoms with Crippen molar-refractivity contribution in [2.75, 3.05) is 24.7 Å². The summed E-state index contributed by atoms with van der Waals surface area (Å²) in [5.74, 6) is -0.272. The van der Waals surface area contributed by atoms with Gasteiger partial charge >= 0.3 is 5.97 Å². The molecule has 0 atom stereocenters. The quantitative estimate of drug-likeness (QED) is 0.445. The number of carbonyl (C=O) groups excluding carboxylic acids is 1. The fraction of sp³-hybridized carbons (Fsp3) is 0.278. The van der Waals surface area contributed by atoms with Crippen molar-refractivity contribution < 1.29 is 22.7 Å². The summed E-state index contributed by atoms with van der Waals surface area (Å²) in [5.41, 5.74) is 1.42. The lowest BCUT2D eigenvalue weighted by atomic mass is 10.2. The molecule has 2 aromatic heterocycles. The van der Waals surface area contributed by atoms with Gasteiger partial charge in [0.15, 0.2) is 5.69 Å². The maximum Gasteiger partial charge on any atom is 0.359 e. The Kier molecular flexibility index (Phi) is 5.94. The second kappa shape index (κ2) is 8.26. The molecular weight excluding hydrogens is 420 g/mol. The SMILES string of the molecule is CCCS(=O)(=O)Nc1ccc(-n2nc(C(=O)OC)c3cnc(Cl)cc32)c(OC)c1. The predicted molar refractivity (Wildman–Crippen MR) is 109 cm³/mol. The van der Waals surface area contributed by atoms with Crippen molar-refractivity contribution in [2.24, 2.45) is 0 Å². The fourth-order valence-corrected chi connectivity index (χ4v) is 4.11. The van der Waals surface area contributed by atoms with E-state index in [1.807, 2.05) is 0 Å². The Bertz CT molecular complexity index is 1180. The monoisotopic (exact) mass is 438 g/mol. The highest BCUT2D eigenvalue weighted by molar-refractivity contribution is 7.92. The van der Waals surface area contributed by atoms with Gasteiger partial charge < -0.3 is 9.47 Å². The number of pyridine rings is 1. The number of hydrogen-bond acceptors (Lipinski definition) is 7. The van der Waals surface area contributed by atoms with Crippen LogP contribution in [0.25, 0.3) is 16.6 Å². The topological polar surface area (TPSA) is 112 Å². The third kappa shape index (κ3) is 4.28. The van der Waals surface area contributed by atoms with Crippen molar-refractivity contribution in [3.63, 3.8) is 0 Å². The molecule has 1 aromatic carbocycles. The molecule has 1 N–H and O–H groups in total. The van der Waals surface area contributed by atoms with Crippen molar-refractivity contribution in [3.8, 4) is 11.4 Å². The molecule has 0 aliphatic carbocycles. The van der Waals surface area contributed by atoms with Gasteiger partial charge in [-0.3, -0.25) is 4.72 Å². The summed E-state index contributed by atoms with van der Waals surface area (Å²) in [6, 6.07) is 6.31. The molecule has 9 nitrogen and oxygen atoms in total. The smallest absolute Gasteiger partial charge is 0.359 e. The first-order valence-electron chi connectivity index (χ1n) is 8.61. The number of benzene rings is 1. The molecule has 3 rings (SSSR count). The number of nitrogens with zero attached hydrogens (tertiary/aromatic N) is 3. The minimum atomic E-state index is -3.45. The fourth-order valence-electron chi connectivity index (χ4n) is 2.83. The second-order valence-electron chi connectivity index (χ2n) is 6.08. The molecule has 0 saturated heterocycles. The van der Waals surface area contributed by atoms with Crippen LogP contribution in [0.5, 0.6) is 5.75 Å². The van der Waals surface area contributed by atoms with Crippen LogP contribution in [0.1, 0.15) is 23.8 Å². The summed E-state index contributed by atoms with van der Waals surface area (Å²) < 4.78 is 38.3. The average Bonchev–Trinajstić information content (AvgIpc) is 3.05. The van der Waals surface area contributed by atoms with Gasteiger partial charge in [-0.15, -0.1) is 0 Å². The van der Waals surface area contributed by atoms with Gasteiger partial charge in [0.25, 0.3) is 0 Å². The van der Waals surface area contributed by atoms with Gasteiger partial charge in [-0.1, -0.05) is 18.5 Å². The van der Waals surface area contributed by atoms with E-state index in [-0.39, 0.29) is 16.6 Å². The minimum Gasteiger partial charge on any atom is -0.494 e. The molecule has 3 aromatic rings. The zero-order chi connectivity index (χ0) is 21.2. The zero-order valence-corrected chi connectivity index (χ0v) is 17.5. The molecule has 0 radical (unpaired) electrons. The normalized spacial score (nSPS) is 11.4. The Balaban J connectivity index is 2.14. The number of sulfonamides is 1. The Hall–Kier alpha value is -2.85. The molecule has 0 fully saturated rings. The van der Waals surface area contributed by atoms with Gasteiger partial charge in [-0.2, -0.15) is 5.10 Å². The Morgan fingerprint density at radius 1 is 1.28 bits per heavy atom. The van der Waals surface area contributed by atoms with Crippen LogP contribution in [0, 0.1) is 0 Å². The zero-order valence-electron chi connectivity index (χ0n) is 16.0. The van der Waals surface area contributed by atoms with E-state index < -0.39 is 16.0 Å². The van der Waals surface area contributed by atoms with Crippen LogP contribution in [-0.2, 0) is 14.8 Å². The van der Waals surface area contributed by atoms with E-state index >= 15 is 0 Å². The highest BCUT2D eigenvalue weighted by Gasteiger charge is 2.21. The van der Waals surface area contributed by atoms with E-state index in [4.69, 9.17) is 21.1 Å². The summed E-state index contributed by atoms with van der Waals surface area (Å²) in [7, 11) is -0.746. The van der Waals surface area contributed by atoms with Crippen LogP contribution in [0.3, 0.4) is 0 Å². The standard InChI is InChI=1S/C18H19ClN4O5S/c1-4-7-29(25,26)22-11-5-6-13(15(8-11)27-2)23-14-9-16(19)20-10-12(14)17(21-23)18(24)28-3/h5-6,8-10,22H,4,7H2,1-3H3. The van der Waals surface area contributed by atoms with E-state index in [0.717, 1.165) is 0 Å². The first-order chi connectivity index (χ1) is 13.8. The number of fused-ring (bicyclic) bond motifs is 1. The summed E-state index contributed by atoms with van der Waals surface area (Å²) in [5, 5.41) is 5.01. The molecule has 0 saturated carbocycles. The molecule has 0 unspecified atom stereocenters. The lowest BCUT2D eigenvalue weighted by Gasteiger charge is -2.13. The summed E-state index contributed by atoms with van der Waals surface area (Å²) >= 11 is 6.03. The van der Waals surface area contributed by atoms with Crippen LogP contribution in [0.15, 0.2) is 30.5 Å². The van der Waals surface area contributed by atoms with E-state index in [1.54, 1.807) is 25.1 Å². The number of aromatic nitrogens is 3. The molecule has 0 aliphatic heterocycles. The van der Waals surface area contributed by atoms with Crippen molar-refractivity contribution in [2.45, 2.75) is 13.3 Å². The average molecular weight is 439 g/mol. The molecule has 154 valence electrons. The summed E-state index contributed by atoms with van der Waals surface area (Å²) in [6.07, 6.45) is 1.93. The van der Waals surface area contributed by atoms with E-state index in [2.05, 4.69) is 14.8 Å². The van der Waals surface area contributed by atoms with Crippen molar-refractivity contribution in [1.29, 1.82) is 0 Å². The lowest BCUT2D eigenvalue weighted by Crippen LogP contribution is -2.16. The Morgan fingerprint density at radius 3 is 2.69 bits per heavy atom. The molecule has 0 aliphatic rings. The van der Waals surface area contributed by atoms with Crippen LogP contribution >= 0.6 is 11.6 Å². The molecule has 0 spiro atoms. The summed E-state index contributed by atoms with van der Waals surface area (Å²) in [6.45, 7) is 1.78. The Labute approximate surface area is 172 Å². The molecule has 2 heterocycles. The number of halogens is 1. The molecular formula is C18H19ClN4O5S. The van der Waals surface area contributed by atoms with Crippen molar-refractivity contribution in [1.82, 2.24) is 14.8 Å². The first kappa shape index (κ1) is 20.9. The number of hydrogen-bond donors (Lipinski definition) is 1. The maximum atomic E-state index is 12.1. The number of rotatable bonds is 7. The van der Waals surface area contributed by atoms with Crippen molar-refractivity contribution >= 4 is 44.2 Å². The van der Waals surface area contributed by atoms with Gasteiger partial charge in [0.2, 0.25) is 10.0 Å². The highest BCUT2D eigenvalue weighted by Crippen LogP contribution is 2.31. The molecule has 11 heteroatoms. The molecule has 29 heavy (non-hydrogen) atoms. The van der Waals surface area contributed by atoms with E-state index in [9.17, 15) is 13.2 Å². The number of methoxy groups -OCH3 is 2. The largest absolute Gasteiger partial charge is 0.494 e.